The van der Waals surface area contributed by atoms with Crippen LogP contribution in [0.5, 0.6) is 5.75 Å². The van der Waals surface area contributed by atoms with E-state index < -0.39 is 6.10 Å². The summed E-state index contributed by atoms with van der Waals surface area (Å²) in [6.45, 7) is 6.55. The number of benzene rings is 1. The Bertz CT molecular complexity index is 586. The second-order valence-corrected chi connectivity index (χ2v) is 6.35. The molecule has 0 fully saturated rings. The van der Waals surface area contributed by atoms with Crippen LogP contribution in [0.1, 0.15) is 27.2 Å². The Kier molecular flexibility index (Phi) is 5.13. The molecule has 6 nitrogen and oxygen atoms in total. The average Bonchev–Trinajstić information content (AvgIpc) is 2.53. The molecule has 23 heavy (non-hydrogen) atoms. The fourth-order valence-corrected chi connectivity index (χ4v) is 2.43. The van der Waals surface area contributed by atoms with Gasteiger partial charge >= 0.3 is 0 Å². The SMILES string of the molecule is CCC(C)(C)NC(=O)CN1C[C@H](C(=O)NC)Oc2ccccc21. The first-order valence-electron chi connectivity index (χ1n) is 7.89. The number of para-hydroxylation sites is 2. The molecule has 2 rings (SSSR count). The zero-order valence-electron chi connectivity index (χ0n) is 14.2. The normalized spacial score (nSPS) is 17.0. The Morgan fingerprint density at radius 2 is 2.04 bits per heavy atom. The number of nitrogens with zero attached hydrogens (tertiary/aromatic N) is 1. The van der Waals surface area contributed by atoms with Crippen LogP contribution in [0.3, 0.4) is 0 Å². The number of carbonyl (C=O) groups excluding carboxylic acids is 2. The van der Waals surface area contributed by atoms with Crippen LogP contribution in [0.25, 0.3) is 0 Å². The molecule has 126 valence electrons. The van der Waals surface area contributed by atoms with E-state index in [1.165, 1.54) is 0 Å². The van der Waals surface area contributed by atoms with E-state index in [1.54, 1.807) is 7.05 Å². The molecule has 0 saturated carbocycles. The van der Waals surface area contributed by atoms with Crippen molar-refractivity contribution < 1.29 is 14.3 Å². The number of carbonyl (C=O) groups is 2. The van der Waals surface area contributed by atoms with Crippen molar-refractivity contribution in [2.75, 3.05) is 25.0 Å². The van der Waals surface area contributed by atoms with Crippen molar-refractivity contribution in [2.45, 2.75) is 38.8 Å². The first-order chi connectivity index (χ1) is 10.9. The van der Waals surface area contributed by atoms with Gasteiger partial charge in [0.05, 0.1) is 18.8 Å². The van der Waals surface area contributed by atoms with E-state index in [0.717, 1.165) is 12.1 Å². The molecular formula is C17H25N3O3. The number of likely N-dealkylation sites (N-methyl/N-ethyl adjacent to an activating group) is 1. The summed E-state index contributed by atoms with van der Waals surface area (Å²) in [6.07, 6.45) is 0.223. The van der Waals surface area contributed by atoms with Gasteiger partial charge in [0.1, 0.15) is 5.75 Å². The summed E-state index contributed by atoms with van der Waals surface area (Å²) in [7, 11) is 1.58. The molecule has 0 radical (unpaired) electrons. The quantitative estimate of drug-likeness (QED) is 0.858. The van der Waals surface area contributed by atoms with E-state index in [1.807, 2.05) is 49.9 Å². The van der Waals surface area contributed by atoms with Gasteiger partial charge in [-0.1, -0.05) is 19.1 Å². The molecule has 2 N–H and O–H groups in total. The second kappa shape index (κ2) is 6.89. The van der Waals surface area contributed by atoms with Crippen molar-refractivity contribution in [2.24, 2.45) is 0 Å². The number of hydrogen-bond donors (Lipinski definition) is 2. The maximum atomic E-state index is 12.3. The van der Waals surface area contributed by atoms with Crippen molar-refractivity contribution in [3.8, 4) is 5.75 Å². The lowest BCUT2D eigenvalue weighted by atomic mass is 10.0. The van der Waals surface area contributed by atoms with E-state index >= 15 is 0 Å². The molecule has 0 spiro atoms. The second-order valence-electron chi connectivity index (χ2n) is 6.35. The fraction of sp³-hybridized carbons (Fsp3) is 0.529. The van der Waals surface area contributed by atoms with Crippen molar-refractivity contribution in [1.82, 2.24) is 10.6 Å². The standard InChI is InChI=1S/C17H25N3O3/c1-5-17(2,3)19-15(21)11-20-10-14(16(22)18-4)23-13-9-7-6-8-12(13)20/h6-9,14H,5,10-11H2,1-4H3,(H,18,22)(H,19,21)/t14-/m1/s1. The average molecular weight is 319 g/mol. The third-order valence-corrected chi connectivity index (χ3v) is 4.10. The van der Waals surface area contributed by atoms with Crippen molar-refractivity contribution in [3.05, 3.63) is 24.3 Å². The van der Waals surface area contributed by atoms with Crippen LogP contribution in [-0.2, 0) is 9.59 Å². The van der Waals surface area contributed by atoms with Crippen LogP contribution in [-0.4, -0.2) is 43.6 Å². The molecule has 1 heterocycles. The third-order valence-electron chi connectivity index (χ3n) is 4.10. The first-order valence-corrected chi connectivity index (χ1v) is 7.89. The van der Waals surface area contributed by atoms with E-state index in [-0.39, 0.29) is 23.9 Å². The van der Waals surface area contributed by atoms with Gasteiger partial charge in [0.25, 0.3) is 5.91 Å². The van der Waals surface area contributed by atoms with Crippen LogP contribution >= 0.6 is 0 Å². The molecule has 1 aliphatic rings. The number of ether oxygens (including phenoxy) is 1. The highest BCUT2D eigenvalue weighted by Gasteiger charge is 2.31. The summed E-state index contributed by atoms with van der Waals surface area (Å²) >= 11 is 0. The van der Waals surface area contributed by atoms with Crippen LogP contribution in [0, 0.1) is 0 Å². The fourth-order valence-electron chi connectivity index (χ4n) is 2.43. The van der Waals surface area contributed by atoms with Crippen molar-refractivity contribution >= 4 is 17.5 Å². The number of fused-ring (bicyclic) bond motifs is 1. The van der Waals surface area contributed by atoms with Gasteiger partial charge in [0.2, 0.25) is 5.91 Å². The highest BCUT2D eigenvalue weighted by molar-refractivity contribution is 5.86. The minimum atomic E-state index is -0.623. The molecular weight excluding hydrogens is 294 g/mol. The Morgan fingerprint density at radius 1 is 1.35 bits per heavy atom. The molecule has 1 atom stereocenters. The molecule has 1 aliphatic heterocycles. The van der Waals surface area contributed by atoms with E-state index in [2.05, 4.69) is 10.6 Å². The summed E-state index contributed by atoms with van der Waals surface area (Å²) in [4.78, 5) is 26.2. The predicted molar refractivity (Wildman–Crippen MR) is 89.7 cm³/mol. The molecule has 2 amide bonds. The van der Waals surface area contributed by atoms with Crippen molar-refractivity contribution in [3.63, 3.8) is 0 Å². The molecule has 6 heteroatoms. The molecule has 1 aromatic carbocycles. The highest BCUT2D eigenvalue weighted by Crippen LogP contribution is 2.32. The van der Waals surface area contributed by atoms with Gasteiger partial charge in [-0.15, -0.1) is 0 Å². The zero-order chi connectivity index (χ0) is 17.0. The topological polar surface area (TPSA) is 70.7 Å². The minimum Gasteiger partial charge on any atom is -0.477 e. The number of nitrogens with one attached hydrogen (secondary N) is 2. The van der Waals surface area contributed by atoms with Gasteiger partial charge in [-0.25, -0.2) is 0 Å². The molecule has 0 saturated heterocycles. The highest BCUT2D eigenvalue weighted by atomic mass is 16.5. The summed E-state index contributed by atoms with van der Waals surface area (Å²) in [5, 5.41) is 5.62. The summed E-state index contributed by atoms with van der Waals surface area (Å²) < 4.78 is 5.73. The monoisotopic (exact) mass is 319 g/mol. The van der Waals surface area contributed by atoms with Gasteiger partial charge in [0, 0.05) is 12.6 Å². The van der Waals surface area contributed by atoms with Crippen LogP contribution in [0.15, 0.2) is 24.3 Å². The van der Waals surface area contributed by atoms with E-state index in [4.69, 9.17) is 4.74 Å². The summed E-state index contributed by atoms with van der Waals surface area (Å²) in [6, 6.07) is 7.45. The molecule has 0 aliphatic carbocycles. The summed E-state index contributed by atoms with van der Waals surface area (Å²) in [5.74, 6) is 0.359. The molecule has 0 aromatic heterocycles. The number of amides is 2. The lowest BCUT2D eigenvalue weighted by Gasteiger charge is -2.35. The zero-order valence-corrected chi connectivity index (χ0v) is 14.2. The lowest BCUT2D eigenvalue weighted by Crippen LogP contribution is -2.52. The summed E-state index contributed by atoms with van der Waals surface area (Å²) in [5.41, 5.74) is 0.584. The molecule has 0 bridgehead atoms. The van der Waals surface area contributed by atoms with Gasteiger partial charge in [-0.05, 0) is 32.4 Å². The largest absolute Gasteiger partial charge is 0.477 e. The van der Waals surface area contributed by atoms with Crippen molar-refractivity contribution in [1.29, 1.82) is 0 Å². The number of anilines is 1. The molecule has 1 aromatic rings. The Morgan fingerprint density at radius 3 is 2.70 bits per heavy atom. The first kappa shape index (κ1) is 17.1. The van der Waals surface area contributed by atoms with Gasteiger partial charge in [-0.3, -0.25) is 9.59 Å². The van der Waals surface area contributed by atoms with E-state index in [0.29, 0.717) is 12.3 Å². The number of rotatable bonds is 5. The Balaban J connectivity index is 2.16. The van der Waals surface area contributed by atoms with Gasteiger partial charge in [-0.2, -0.15) is 0 Å². The Hall–Kier alpha value is -2.24. The van der Waals surface area contributed by atoms with Gasteiger partial charge in [0.15, 0.2) is 6.10 Å². The van der Waals surface area contributed by atoms with Crippen LogP contribution in [0.2, 0.25) is 0 Å². The minimum absolute atomic E-state index is 0.0655. The van der Waals surface area contributed by atoms with Crippen LogP contribution < -0.4 is 20.3 Å². The smallest absolute Gasteiger partial charge is 0.262 e. The number of hydrogen-bond acceptors (Lipinski definition) is 4. The Labute approximate surface area is 137 Å². The van der Waals surface area contributed by atoms with Crippen LogP contribution in [0.4, 0.5) is 5.69 Å². The predicted octanol–water partition coefficient (Wildman–Crippen LogP) is 1.30. The van der Waals surface area contributed by atoms with Gasteiger partial charge < -0.3 is 20.3 Å². The van der Waals surface area contributed by atoms with E-state index in [9.17, 15) is 9.59 Å². The maximum absolute atomic E-state index is 12.3. The third kappa shape index (κ3) is 4.15. The maximum Gasteiger partial charge on any atom is 0.262 e. The molecule has 0 unspecified atom stereocenters. The lowest BCUT2D eigenvalue weighted by molar-refractivity contribution is -0.128.